The van der Waals surface area contributed by atoms with Crippen LogP contribution < -0.4 is 10.1 Å². The number of halogens is 1. The molecule has 1 aliphatic rings. The highest BCUT2D eigenvalue weighted by Gasteiger charge is 2.39. The summed E-state index contributed by atoms with van der Waals surface area (Å²) in [5.41, 5.74) is 2.08. The van der Waals surface area contributed by atoms with E-state index in [1.807, 2.05) is 19.1 Å². The van der Waals surface area contributed by atoms with Gasteiger partial charge in [0.25, 0.3) is 0 Å². The van der Waals surface area contributed by atoms with Gasteiger partial charge < -0.3 is 14.5 Å². The van der Waals surface area contributed by atoms with Crippen molar-refractivity contribution in [3.8, 4) is 5.75 Å². The van der Waals surface area contributed by atoms with E-state index in [0.29, 0.717) is 33.1 Å². The molecule has 33 heavy (non-hydrogen) atoms. The van der Waals surface area contributed by atoms with Crippen LogP contribution in [0.25, 0.3) is 0 Å². The van der Waals surface area contributed by atoms with Gasteiger partial charge in [-0.15, -0.1) is 0 Å². The van der Waals surface area contributed by atoms with Crippen molar-refractivity contribution in [2.45, 2.75) is 25.1 Å². The molecule has 3 aromatic rings. The van der Waals surface area contributed by atoms with Gasteiger partial charge in [0.15, 0.2) is 5.17 Å². The summed E-state index contributed by atoms with van der Waals surface area (Å²) < 4.78 is 10.6. The van der Waals surface area contributed by atoms with Crippen molar-refractivity contribution in [3.63, 3.8) is 0 Å². The van der Waals surface area contributed by atoms with Crippen LogP contribution in [0.15, 0.2) is 70.3 Å². The van der Waals surface area contributed by atoms with Gasteiger partial charge in [-0.05, 0) is 61.0 Å². The van der Waals surface area contributed by atoms with E-state index in [4.69, 9.17) is 20.8 Å². The Balaban J connectivity index is 1.53. The third kappa shape index (κ3) is 5.40. The molecule has 0 bridgehead atoms. The number of carbonyl (C=O) groups excluding carboxylic acids is 2. The molecular formula is C24H22ClN3O4S. The van der Waals surface area contributed by atoms with E-state index in [0.717, 1.165) is 5.56 Å². The van der Waals surface area contributed by atoms with Gasteiger partial charge in [0.1, 0.15) is 16.8 Å². The van der Waals surface area contributed by atoms with E-state index >= 15 is 0 Å². The molecule has 170 valence electrons. The third-order valence-electron chi connectivity index (χ3n) is 5.12. The van der Waals surface area contributed by atoms with Crippen molar-refractivity contribution in [3.05, 3.63) is 77.2 Å². The van der Waals surface area contributed by atoms with Crippen LogP contribution >= 0.6 is 23.4 Å². The molecule has 0 radical (unpaired) electrons. The lowest BCUT2D eigenvalue weighted by atomic mass is 10.2. The second kappa shape index (κ2) is 10.1. The Morgan fingerprint density at radius 2 is 2.00 bits per heavy atom. The number of anilines is 1. The van der Waals surface area contributed by atoms with Gasteiger partial charge in [0.2, 0.25) is 11.8 Å². The molecule has 2 amide bonds. The Kier molecular flexibility index (Phi) is 7.05. The van der Waals surface area contributed by atoms with Crippen LogP contribution in [0.3, 0.4) is 0 Å². The van der Waals surface area contributed by atoms with Crippen molar-refractivity contribution in [2.24, 2.45) is 4.99 Å². The summed E-state index contributed by atoms with van der Waals surface area (Å²) in [6.07, 6.45) is 1.56. The molecule has 4 rings (SSSR count). The second-order valence-corrected chi connectivity index (χ2v) is 8.94. The Morgan fingerprint density at radius 3 is 2.70 bits per heavy atom. The predicted octanol–water partition coefficient (Wildman–Crippen LogP) is 5.41. The number of amides is 2. The minimum Gasteiger partial charge on any atom is -0.497 e. The maximum Gasteiger partial charge on any atom is 0.243 e. The van der Waals surface area contributed by atoms with E-state index in [-0.39, 0.29) is 24.8 Å². The Labute approximate surface area is 200 Å². The van der Waals surface area contributed by atoms with E-state index in [1.54, 1.807) is 60.7 Å². The number of aliphatic imine (C=N–C) groups is 1. The molecule has 1 N–H and O–H groups in total. The van der Waals surface area contributed by atoms with Gasteiger partial charge in [0, 0.05) is 17.1 Å². The Morgan fingerprint density at radius 1 is 1.21 bits per heavy atom. The smallest absolute Gasteiger partial charge is 0.243 e. The number of ether oxygens (including phenoxy) is 1. The average molecular weight is 484 g/mol. The number of hydrogen-bond acceptors (Lipinski definition) is 6. The fourth-order valence-electron chi connectivity index (χ4n) is 3.31. The largest absolute Gasteiger partial charge is 0.497 e. The molecule has 1 aliphatic heterocycles. The number of carbonyl (C=O) groups is 2. The molecule has 1 fully saturated rings. The highest BCUT2D eigenvalue weighted by Crippen LogP contribution is 2.34. The van der Waals surface area contributed by atoms with E-state index in [1.165, 1.54) is 11.8 Å². The first-order chi connectivity index (χ1) is 15.9. The maximum absolute atomic E-state index is 13.2. The van der Waals surface area contributed by atoms with E-state index in [9.17, 15) is 9.59 Å². The first-order valence-electron chi connectivity index (χ1n) is 10.2. The average Bonchev–Trinajstić information content (AvgIpc) is 3.42. The zero-order chi connectivity index (χ0) is 23.4. The van der Waals surface area contributed by atoms with Crippen molar-refractivity contribution < 1.29 is 18.7 Å². The van der Waals surface area contributed by atoms with Gasteiger partial charge in [-0.1, -0.05) is 29.4 Å². The number of amidine groups is 1. The lowest BCUT2D eigenvalue weighted by molar-refractivity contribution is -0.128. The quantitative estimate of drug-likeness (QED) is 0.485. The van der Waals surface area contributed by atoms with Gasteiger partial charge >= 0.3 is 0 Å². The zero-order valence-electron chi connectivity index (χ0n) is 18.1. The van der Waals surface area contributed by atoms with Crippen molar-refractivity contribution in [1.29, 1.82) is 0 Å². The molecule has 7 nitrogen and oxygen atoms in total. The summed E-state index contributed by atoms with van der Waals surface area (Å²) in [4.78, 5) is 32.1. The SMILES string of the molecule is COc1ccc(N=C2S[C@@H](CC(=O)Nc3cccc(Cl)c3C)C(=O)N2Cc2ccco2)cc1. The van der Waals surface area contributed by atoms with Gasteiger partial charge in [-0.2, -0.15) is 0 Å². The predicted molar refractivity (Wildman–Crippen MR) is 130 cm³/mol. The second-order valence-electron chi connectivity index (χ2n) is 7.37. The summed E-state index contributed by atoms with van der Waals surface area (Å²) in [5.74, 6) is 0.884. The lowest BCUT2D eigenvalue weighted by Gasteiger charge is -2.15. The minimum absolute atomic E-state index is 0.00570. The lowest BCUT2D eigenvalue weighted by Crippen LogP contribution is -2.33. The monoisotopic (exact) mass is 483 g/mol. The summed E-state index contributed by atoms with van der Waals surface area (Å²) in [7, 11) is 1.60. The highest BCUT2D eigenvalue weighted by molar-refractivity contribution is 8.15. The molecule has 1 atom stereocenters. The van der Waals surface area contributed by atoms with Gasteiger partial charge in [-0.3, -0.25) is 14.5 Å². The van der Waals surface area contributed by atoms with Crippen LogP contribution in [0.2, 0.25) is 5.02 Å². The number of rotatable bonds is 7. The van der Waals surface area contributed by atoms with Crippen LogP contribution in [0, 0.1) is 6.92 Å². The number of benzene rings is 2. The number of thioether (sulfide) groups is 1. The van der Waals surface area contributed by atoms with Crippen molar-refractivity contribution in [2.75, 3.05) is 12.4 Å². The van der Waals surface area contributed by atoms with Gasteiger partial charge in [-0.25, -0.2) is 4.99 Å². The molecule has 2 heterocycles. The number of furan rings is 1. The molecule has 0 saturated carbocycles. The van der Waals surface area contributed by atoms with Crippen LogP contribution in [0.5, 0.6) is 5.75 Å². The van der Waals surface area contributed by atoms with Crippen LogP contribution in [-0.4, -0.2) is 34.2 Å². The third-order valence-corrected chi connectivity index (χ3v) is 6.71. The zero-order valence-corrected chi connectivity index (χ0v) is 19.7. The minimum atomic E-state index is -0.601. The maximum atomic E-state index is 13.2. The van der Waals surface area contributed by atoms with Crippen molar-refractivity contribution in [1.82, 2.24) is 4.90 Å². The first-order valence-corrected chi connectivity index (χ1v) is 11.5. The molecule has 9 heteroatoms. The fraction of sp³-hybridized carbons (Fsp3) is 0.208. The van der Waals surface area contributed by atoms with Crippen molar-refractivity contribution >= 4 is 51.7 Å². The summed E-state index contributed by atoms with van der Waals surface area (Å²) in [6, 6.07) is 16.1. The van der Waals surface area contributed by atoms with E-state index < -0.39 is 5.25 Å². The standard InChI is InChI=1S/C24H22ClN3O4S/c1-15-19(25)6-3-7-20(15)27-22(29)13-21-23(30)28(14-18-5-4-12-32-18)24(33-21)26-16-8-10-17(31-2)11-9-16/h3-12,21H,13-14H2,1-2H3,(H,27,29)/t21-/m0/s1. The number of methoxy groups -OCH3 is 1. The number of nitrogens with one attached hydrogen (secondary N) is 1. The molecule has 0 aliphatic carbocycles. The van der Waals surface area contributed by atoms with Crippen LogP contribution in [-0.2, 0) is 16.1 Å². The molecule has 0 unspecified atom stereocenters. The Hall–Kier alpha value is -3.23. The van der Waals surface area contributed by atoms with Gasteiger partial charge in [0.05, 0.1) is 25.6 Å². The Bertz CT molecular complexity index is 1180. The molecule has 2 aromatic carbocycles. The van der Waals surface area contributed by atoms with Crippen LogP contribution in [0.1, 0.15) is 17.7 Å². The molecule has 0 spiro atoms. The fourth-order valence-corrected chi connectivity index (χ4v) is 4.64. The van der Waals surface area contributed by atoms with E-state index in [2.05, 4.69) is 10.3 Å². The topological polar surface area (TPSA) is 84.1 Å². The number of hydrogen-bond donors (Lipinski definition) is 1. The summed E-state index contributed by atoms with van der Waals surface area (Å²) in [5, 5.41) is 3.34. The normalized spacial score (nSPS) is 16.9. The molecule has 1 aromatic heterocycles. The first kappa shape index (κ1) is 22.9. The highest BCUT2D eigenvalue weighted by atomic mass is 35.5. The summed E-state index contributed by atoms with van der Waals surface area (Å²) in [6.45, 7) is 2.07. The summed E-state index contributed by atoms with van der Waals surface area (Å²) >= 11 is 7.41. The molecular weight excluding hydrogens is 462 g/mol. The molecule has 1 saturated heterocycles. The number of nitrogens with zero attached hydrogens (tertiary/aromatic N) is 2. The van der Waals surface area contributed by atoms with Crippen LogP contribution in [0.4, 0.5) is 11.4 Å².